The maximum Gasteiger partial charge on any atom is 0.267 e. The van der Waals surface area contributed by atoms with Crippen LogP contribution in [0.15, 0.2) is 77.6 Å². The van der Waals surface area contributed by atoms with E-state index in [1.54, 1.807) is 24.3 Å². The number of hydrogen-bond donors (Lipinski definition) is 2. The summed E-state index contributed by atoms with van der Waals surface area (Å²) in [5, 5.41) is 11.9. The summed E-state index contributed by atoms with van der Waals surface area (Å²) in [6, 6.07) is 21.7. The normalized spacial score (nSPS) is 10.6. The fraction of sp³-hybridized carbons (Fsp3) is 0.120. The van der Waals surface area contributed by atoms with E-state index >= 15 is 0 Å². The highest BCUT2D eigenvalue weighted by Gasteiger charge is 2.13. The number of aromatic nitrogens is 2. The Morgan fingerprint density at radius 2 is 1.76 bits per heavy atom. The average Bonchev–Trinajstić information content (AvgIpc) is 2.80. The van der Waals surface area contributed by atoms with E-state index in [1.807, 2.05) is 42.5 Å². The van der Waals surface area contributed by atoms with Crippen LogP contribution in [-0.4, -0.2) is 28.7 Å². The van der Waals surface area contributed by atoms with Crippen LogP contribution in [0.25, 0.3) is 22.0 Å². The molecule has 1 aromatic heterocycles. The van der Waals surface area contributed by atoms with Gasteiger partial charge in [0.25, 0.3) is 5.56 Å². The molecule has 3 aromatic carbocycles. The second-order valence-corrected chi connectivity index (χ2v) is 7.39. The van der Waals surface area contributed by atoms with Crippen LogP contribution in [-0.2, 0) is 16.1 Å². The van der Waals surface area contributed by atoms with E-state index in [1.165, 1.54) is 20.1 Å². The Morgan fingerprint density at radius 1 is 0.970 bits per heavy atom. The van der Waals surface area contributed by atoms with Crippen molar-refractivity contribution >= 4 is 34.0 Å². The standard InChI is InChI=1S/C25H22N4O4/c1-16(30)26-18-10-12-23(33-2)22(14-18)27-24(31)15-29-25(32)13-11-21(28-29)20-9-5-7-17-6-3-4-8-19(17)20/h3-14H,15H2,1-2H3,(H,26,30)(H,27,31). The first kappa shape index (κ1) is 21.8. The molecule has 0 aliphatic carbocycles. The van der Waals surface area contributed by atoms with Crippen LogP contribution >= 0.6 is 0 Å². The lowest BCUT2D eigenvalue weighted by Gasteiger charge is -2.13. The van der Waals surface area contributed by atoms with Crippen LogP contribution in [0.5, 0.6) is 5.75 Å². The molecule has 2 N–H and O–H groups in total. The topological polar surface area (TPSA) is 102 Å². The molecule has 4 aromatic rings. The third-order valence-corrected chi connectivity index (χ3v) is 5.02. The lowest BCUT2D eigenvalue weighted by Crippen LogP contribution is -2.29. The van der Waals surface area contributed by atoms with E-state index in [2.05, 4.69) is 15.7 Å². The number of rotatable bonds is 6. The number of amides is 2. The first-order chi connectivity index (χ1) is 15.9. The minimum atomic E-state index is -0.460. The predicted molar refractivity (Wildman–Crippen MR) is 127 cm³/mol. The number of carbonyl (C=O) groups excluding carboxylic acids is 2. The molecule has 0 saturated heterocycles. The lowest BCUT2D eigenvalue weighted by atomic mass is 10.0. The Hall–Kier alpha value is -4.46. The first-order valence-corrected chi connectivity index (χ1v) is 10.3. The Labute approximate surface area is 189 Å². The van der Waals surface area contributed by atoms with Gasteiger partial charge in [-0.05, 0) is 35.0 Å². The predicted octanol–water partition coefficient (Wildman–Crippen LogP) is 3.67. The van der Waals surface area contributed by atoms with Crippen molar-refractivity contribution in [3.63, 3.8) is 0 Å². The summed E-state index contributed by atoms with van der Waals surface area (Å²) in [5.74, 6) is -0.279. The summed E-state index contributed by atoms with van der Waals surface area (Å²) in [6.07, 6.45) is 0. The van der Waals surface area contributed by atoms with E-state index in [-0.39, 0.29) is 12.5 Å². The highest BCUT2D eigenvalue weighted by atomic mass is 16.5. The smallest absolute Gasteiger partial charge is 0.267 e. The third-order valence-electron chi connectivity index (χ3n) is 5.02. The summed E-state index contributed by atoms with van der Waals surface area (Å²) >= 11 is 0. The number of fused-ring (bicyclic) bond motifs is 1. The molecule has 0 radical (unpaired) electrons. The summed E-state index contributed by atoms with van der Waals surface area (Å²) in [5.41, 5.74) is 1.93. The van der Waals surface area contributed by atoms with Crippen molar-refractivity contribution in [1.82, 2.24) is 9.78 Å². The van der Waals surface area contributed by atoms with Gasteiger partial charge in [0.1, 0.15) is 12.3 Å². The molecule has 0 unspecified atom stereocenters. The number of benzene rings is 3. The second-order valence-electron chi connectivity index (χ2n) is 7.39. The monoisotopic (exact) mass is 442 g/mol. The largest absolute Gasteiger partial charge is 0.495 e. The fourth-order valence-electron chi connectivity index (χ4n) is 3.57. The number of ether oxygens (including phenoxy) is 1. The molecular weight excluding hydrogens is 420 g/mol. The van der Waals surface area contributed by atoms with Gasteiger partial charge in [-0.1, -0.05) is 42.5 Å². The van der Waals surface area contributed by atoms with Gasteiger partial charge in [0, 0.05) is 24.2 Å². The van der Waals surface area contributed by atoms with Gasteiger partial charge in [-0.25, -0.2) is 4.68 Å². The Balaban J connectivity index is 1.61. The molecule has 8 nitrogen and oxygen atoms in total. The van der Waals surface area contributed by atoms with Crippen molar-refractivity contribution in [1.29, 1.82) is 0 Å². The van der Waals surface area contributed by atoms with E-state index in [0.29, 0.717) is 22.8 Å². The van der Waals surface area contributed by atoms with Gasteiger partial charge in [0.05, 0.1) is 18.5 Å². The van der Waals surface area contributed by atoms with Gasteiger partial charge in [-0.3, -0.25) is 14.4 Å². The summed E-state index contributed by atoms with van der Waals surface area (Å²) in [6.45, 7) is 1.11. The van der Waals surface area contributed by atoms with Crippen molar-refractivity contribution in [2.45, 2.75) is 13.5 Å². The number of methoxy groups -OCH3 is 1. The van der Waals surface area contributed by atoms with Crippen LogP contribution in [0.3, 0.4) is 0 Å². The SMILES string of the molecule is COc1ccc(NC(C)=O)cc1NC(=O)Cn1nc(-c2cccc3ccccc23)ccc1=O. The minimum Gasteiger partial charge on any atom is -0.495 e. The Morgan fingerprint density at radius 3 is 2.55 bits per heavy atom. The van der Waals surface area contributed by atoms with Crippen molar-refractivity contribution in [2.75, 3.05) is 17.7 Å². The summed E-state index contributed by atoms with van der Waals surface area (Å²) in [7, 11) is 1.47. The molecule has 0 aliphatic heterocycles. The van der Waals surface area contributed by atoms with E-state index in [9.17, 15) is 14.4 Å². The zero-order valence-electron chi connectivity index (χ0n) is 18.2. The van der Waals surface area contributed by atoms with E-state index < -0.39 is 11.5 Å². The van der Waals surface area contributed by atoms with Gasteiger partial charge in [0.15, 0.2) is 0 Å². The van der Waals surface area contributed by atoms with Crippen molar-refractivity contribution in [2.24, 2.45) is 0 Å². The zero-order chi connectivity index (χ0) is 23.4. The summed E-state index contributed by atoms with van der Waals surface area (Å²) < 4.78 is 6.41. The van der Waals surface area contributed by atoms with Gasteiger partial charge in [-0.15, -0.1) is 0 Å². The highest BCUT2D eigenvalue weighted by Crippen LogP contribution is 2.28. The molecule has 0 aliphatic rings. The molecule has 4 rings (SSSR count). The number of anilines is 2. The summed E-state index contributed by atoms with van der Waals surface area (Å²) in [4.78, 5) is 36.5. The first-order valence-electron chi connectivity index (χ1n) is 10.3. The average molecular weight is 442 g/mol. The van der Waals surface area contributed by atoms with Crippen LogP contribution in [0.1, 0.15) is 6.92 Å². The van der Waals surface area contributed by atoms with Gasteiger partial charge < -0.3 is 15.4 Å². The van der Waals surface area contributed by atoms with Crippen LogP contribution in [0, 0.1) is 0 Å². The second kappa shape index (κ2) is 9.35. The molecule has 0 spiro atoms. The molecule has 0 atom stereocenters. The van der Waals surface area contributed by atoms with Crippen molar-refractivity contribution < 1.29 is 14.3 Å². The highest BCUT2D eigenvalue weighted by molar-refractivity contribution is 5.96. The molecule has 33 heavy (non-hydrogen) atoms. The maximum atomic E-state index is 12.7. The van der Waals surface area contributed by atoms with Gasteiger partial charge >= 0.3 is 0 Å². The molecule has 2 amide bonds. The van der Waals surface area contributed by atoms with Crippen LogP contribution in [0.4, 0.5) is 11.4 Å². The Bertz CT molecular complexity index is 1410. The number of hydrogen-bond acceptors (Lipinski definition) is 5. The fourth-order valence-corrected chi connectivity index (χ4v) is 3.57. The van der Waals surface area contributed by atoms with Crippen molar-refractivity contribution in [3.05, 3.63) is 83.2 Å². The van der Waals surface area contributed by atoms with Gasteiger partial charge in [0.2, 0.25) is 11.8 Å². The molecule has 8 heteroatoms. The number of carbonyl (C=O) groups is 2. The van der Waals surface area contributed by atoms with Gasteiger partial charge in [-0.2, -0.15) is 5.10 Å². The Kier molecular flexibility index (Phi) is 6.17. The van der Waals surface area contributed by atoms with Crippen LogP contribution < -0.4 is 20.9 Å². The molecular formula is C25H22N4O4. The maximum absolute atomic E-state index is 12.7. The van der Waals surface area contributed by atoms with Crippen molar-refractivity contribution in [3.8, 4) is 17.0 Å². The molecule has 0 bridgehead atoms. The molecule has 1 heterocycles. The lowest BCUT2D eigenvalue weighted by molar-refractivity contribution is -0.117. The number of nitrogens with one attached hydrogen (secondary N) is 2. The van der Waals surface area contributed by atoms with E-state index in [0.717, 1.165) is 21.0 Å². The minimum absolute atomic E-state index is 0.238. The van der Waals surface area contributed by atoms with E-state index in [4.69, 9.17) is 4.74 Å². The molecule has 0 saturated carbocycles. The third kappa shape index (κ3) is 4.90. The molecule has 0 fully saturated rings. The van der Waals surface area contributed by atoms with Crippen LogP contribution in [0.2, 0.25) is 0 Å². The number of nitrogens with zero attached hydrogens (tertiary/aromatic N) is 2. The quantitative estimate of drug-likeness (QED) is 0.474. The molecule has 166 valence electrons. The zero-order valence-corrected chi connectivity index (χ0v) is 18.2.